The van der Waals surface area contributed by atoms with E-state index in [-0.39, 0.29) is 12.1 Å². The predicted molar refractivity (Wildman–Crippen MR) is 74.9 cm³/mol. The number of likely N-dealkylation sites (N-methyl/N-ethyl adjacent to an activating group) is 1. The van der Waals surface area contributed by atoms with Gasteiger partial charge in [-0.3, -0.25) is 0 Å². The lowest BCUT2D eigenvalue weighted by Crippen LogP contribution is -2.56. The first-order valence-electron chi connectivity index (χ1n) is 7.14. The van der Waals surface area contributed by atoms with Gasteiger partial charge in [0.25, 0.3) is 0 Å². The maximum absolute atomic E-state index is 9.57. The van der Waals surface area contributed by atoms with Crippen LogP contribution in [0.4, 0.5) is 0 Å². The van der Waals surface area contributed by atoms with Crippen LogP contribution in [0.5, 0.6) is 0 Å². The van der Waals surface area contributed by atoms with Gasteiger partial charge in [-0.2, -0.15) is 0 Å². The second kappa shape index (κ2) is 7.43. The van der Waals surface area contributed by atoms with E-state index in [0.717, 1.165) is 26.1 Å². The Morgan fingerprint density at radius 1 is 1.44 bits per heavy atom. The average molecular weight is 258 g/mol. The maximum Gasteiger partial charge on any atom is 0.0701 e. The predicted octanol–water partition coefficient (Wildman–Crippen LogP) is 1.24. The summed E-state index contributed by atoms with van der Waals surface area (Å²) in [4.78, 5) is 2.27. The lowest BCUT2D eigenvalue weighted by atomic mass is 10.0. The van der Waals surface area contributed by atoms with Gasteiger partial charge in [-0.25, -0.2) is 0 Å². The van der Waals surface area contributed by atoms with Crippen LogP contribution in [0.3, 0.4) is 0 Å². The molecule has 2 atom stereocenters. The molecule has 4 heteroatoms. The van der Waals surface area contributed by atoms with Gasteiger partial charge in [0.1, 0.15) is 0 Å². The van der Waals surface area contributed by atoms with Gasteiger partial charge in [-0.15, -0.1) is 0 Å². The maximum atomic E-state index is 9.57. The molecule has 0 spiro atoms. The van der Waals surface area contributed by atoms with Crippen molar-refractivity contribution < 1.29 is 9.84 Å². The Labute approximate surface area is 112 Å². The first-order valence-corrected chi connectivity index (χ1v) is 7.14. The Hall–Kier alpha value is -0.160. The van der Waals surface area contributed by atoms with Crippen molar-refractivity contribution in [3.8, 4) is 0 Å². The standard InChI is InChI=1S/C14H30N2O2/c1-12(2)15-14(3,11-17)10-16(4)9-13-7-5-6-8-18-13/h12-13,15,17H,5-11H2,1-4H3. The van der Waals surface area contributed by atoms with E-state index in [2.05, 4.69) is 38.0 Å². The molecular formula is C14H30N2O2. The van der Waals surface area contributed by atoms with Crippen molar-refractivity contribution in [1.82, 2.24) is 10.2 Å². The molecule has 0 radical (unpaired) electrons. The molecule has 0 bridgehead atoms. The Balaban J connectivity index is 2.38. The van der Waals surface area contributed by atoms with E-state index in [1.807, 2.05) is 0 Å². The minimum atomic E-state index is -0.239. The van der Waals surface area contributed by atoms with E-state index in [1.165, 1.54) is 12.8 Å². The molecule has 0 aromatic carbocycles. The molecule has 1 heterocycles. The summed E-state index contributed by atoms with van der Waals surface area (Å²) in [5.41, 5.74) is -0.239. The summed E-state index contributed by atoms with van der Waals surface area (Å²) in [6, 6.07) is 0.376. The molecule has 108 valence electrons. The monoisotopic (exact) mass is 258 g/mol. The highest BCUT2D eigenvalue weighted by molar-refractivity contribution is 4.87. The van der Waals surface area contributed by atoms with Crippen LogP contribution < -0.4 is 5.32 Å². The molecular weight excluding hydrogens is 228 g/mol. The number of aliphatic hydroxyl groups excluding tert-OH is 1. The fourth-order valence-corrected chi connectivity index (χ4v) is 2.80. The molecule has 1 rings (SSSR count). The van der Waals surface area contributed by atoms with Crippen molar-refractivity contribution in [2.45, 2.75) is 57.7 Å². The molecule has 1 aliphatic rings. The van der Waals surface area contributed by atoms with Gasteiger partial charge < -0.3 is 20.1 Å². The number of nitrogens with zero attached hydrogens (tertiary/aromatic N) is 1. The largest absolute Gasteiger partial charge is 0.394 e. The summed E-state index contributed by atoms with van der Waals surface area (Å²) in [5, 5.41) is 13.0. The van der Waals surface area contributed by atoms with Crippen LogP contribution in [-0.4, -0.2) is 61.0 Å². The quantitative estimate of drug-likeness (QED) is 0.721. The van der Waals surface area contributed by atoms with E-state index in [0.29, 0.717) is 12.1 Å². The number of rotatable bonds is 7. The number of aliphatic hydroxyl groups is 1. The van der Waals surface area contributed by atoms with E-state index in [4.69, 9.17) is 4.74 Å². The van der Waals surface area contributed by atoms with Crippen molar-refractivity contribution in [2.75, 3.05) is 33.4 Å². The molecule has 1 fully saturated rings. The SMILES string of the molecule is CC(C)NC(C)(CO)CN(C)CC1CCCCO1. The smallest absolute Gasteiger partial charge is 0.0701 e. The topological polar surface area (TPSA) is 44.7 Å². The van der Waals surface area contributed by atoms with Crippen LogP contribution in [0.2, 0.25) is 0 Å². The number of ether oxygens (including phenoxy) is 1. The van der Waals surface area contributed by atoms with Crippen LogP contribution >= 0.6 is 0 Å². The van der Waals surface area contributed by atoms with Crippen molar-refractivity contribution in [3.05, 3.63) is 0 Å². The lowest BCUT2D eigenvalue weighted by Gasteiger charge is -2.36. The molecule has 0 aromatic rings. The number of hydrogen-bond acceptors (Lipinski definition) is 4. The third-order valence-corrected chi connectivity index (χ3v) is 3.39. The van der Waals surface area contributed by atoms with Crippen molar-refractivity contribution in [1.29, 1.82) is 0 Å². The van der Waals surface area contributed by atoms with E-state index >= 15 is 0 Å². The van der Waals surface area contributed by atoms with Gasteiger partial charge >= 0.3 is 0 Å². The lowest BCUT2D eigenvalue weighted by molar-refractivity contribution is -0.00741. The molecule has 18 heavy (non-hydrogen) atoms. The fourth-order valence-electron chi connectivity index (χ4n) is 2.80. The third kappa shape index (κ3) is 5.65. The van der Waals surface area contributed by atoms with Crippen LogP contribution in [0, 0.1) is 0 Å². The van der Waals surface area contributed by atoms with Gasteiger partial charge in [-0.05, 0) is 33.2 Å². The van der Waals surface area contributed by atoms with Gasteiger partial charge in [0.2, 0.25) is 0 Å². The molecule has 1 saturated heterocycles. The Kier molecular flexibility index (Phi) is 6.57. The molecule has 4 nitrogen and oxygen atoms in total. The zero-order chi connectivity index (χ0) is 13.6. The van der Waals surface area contributed by atoms with Crippen molar-refractivity contribution in [2.24, 2.45) is 0 Å². The summed E-state index contributed by atoms with van der Waals surface area (Å²) in [6.07, 6.45) is 4.01. The van der Waals surface area contributed by atoms with Gasteiger partial charge in [0, 0.05) is 25.7 Å². The molecule has 0 aromatic heterocycles. The molecule has 1 aliphatic heterocycles. The molecule has 0 aliphatic carbocycles. The Morgan fingerprint density at radius 3 is 2.67 bits per heavy atom. The number of hydrogen-bond donors (Lipinski definition) is 2. The Bertz CT molecular complexity index is 230. The van der Waals surface area contributed by atoms with E-state index in [9.17, 15) is 5.11 Å². The van der Waals surface area contributed by atoms with Gasteiger partial charge in [0.15, 0.2) is 0 Å². The van der Waals surface area contributed by atoms with Crippen molar-refractivity contribution in [3.63, 3.8) is 0 Å². The third-order valence-electron chi connectivity index (χ3n) is 3.39. The van der Waals surface area contributed by atoms with E-state index < -0.39 is 0 Å². The molecule has 2 unspecified atom stereocenters. The van der Waals surface area contributed by atoms with Crippen LogP contribution in [-0.2, 0) is 4.74 Å². The molecule has 2 N–H and O–H groups in total. The van der Waals surface area contributed by atoms with Gasteiger partial charge in [0.05, 0.1) is 18.2 Å². The highest BCUT2D eigenvalue weighted by atomic mass is 16.5. The summed E-state index contributed by atoms with van der Waals surface area (Å²) in [5.74, 6) is 0. The van der Waals surface area contributed by atoms with E-state index in [1.54, 1.807) is 0 Å². The second-order valence-corrected chi connectivity index (χ2v) is 6.20. The first-order chi connectivity index (χ1) is 8.45. The van der Waals surface area contributed by atoms with Crippen LogP contribution in [0.1, 0.15) is 40.0 Å². The summed E-state index contributed by atoms with van der Waals surface area (Å²) in [6.45, 7) is 9.14. The van der Waals surface area contributed by atoms with Crippen molar-refractivity contribution >= 4 is 0 Å². The zero-order valence-electron chi connectivity index (χ0n) is 12.4. The fraction of sp³-hybridized carbons (Fsp3) is 1.00. The highest BCUT2D eigenvalue weighted by Gasteiger charge is 2.27. The molecule has 0 amide bonds. The minimum Gasteiger partial charge on any atom is -0.394 e. The summed E-state index contributed by atoms with van der Waals surface area (Å²) in [7, 11) is 2.11. The highest BCUT2D eigenvalue weighted by Crippen LogP contribution is 2.15. The normalized spacial score (nSPS) is 24.5. The van der Waals surface area contributed by atoms with Crippen LogP contribution in [0.15, 0.2) is 0 Å². The summed E-state index contributed by atoms with van der Waals surface area (Å²) < 4.78 is 5.75. The summed E-state index contributed by atoms with van der Waals surface area (Å²) >= 11 is 0. The second-order valence-electron chi connectivity index (χ2n) is 6.20. The number of nitrogens with one attached hydrogen (secondary N) is 1. The van der Waals surface area contributed by atoms with Crippen LogP contribution in [0.25, 0.3) is 0 Å². The molecule has 0 saturated carbocycles. The minimum absolute atomic E-state index is 0.154. The van der Waals surface area contributed by atoms with Gasteiger partial charge in [-0.1, -0.05) is 13.8 Å². The first kappa shape index (κ1) is 15.9. The zero-order valence-corrected chi connectivity index (χ0v) is 12.4. The Morgan fingerprint density at radius 2 is 2.17 bits per heavy atom. The average Bonchev–Trinajstić information content (AvgIpc) is 2.28.